The molecule has 3 N–H and O–H groups in total. The molecule has 0 unspecified atom stereocenters. The lowest BCUT2D eigenvalue weighted by molar-refractivity contribution is 0.0848. The standard InChI is InChI=1S/C21H23N3O4S2/c1-2-12-22-30(27,28)17-10-7-9-16(13-17)20(25)23-24-21(26)19-14-15-8-5-3-4-6-11-18(15)29-19/h1,7,9-10,13-14,22H,3-6,8,11-12H2,(H,23,25)(H,24,26). The first-order valence-corrected chi connectivity index (χ1v) is 12.0. The van der Waals surface area contributed by atoms with Crippen LogP contribution >= 0.6 is 11.3 Å². The molecule has 9 heteroatoms. The Morgan fingerprint density at radius 3 is 2.53 bits per heavy atom. The minimum absolute atomic E-state index is 0.0882. The third-order valence-corrected chi connectivity index (χ3v) is 7.42. The van der Waals surface area contributed by atoms with Gasteiger partial charge in [-0.2, -0.15) is 4.72 Å². The van der Waals surface area contributed by atoms with Crippen LogP contribution in [-0.2, 0) is 22.9 Å². The predicted molar refractivity (Wildman–Crippen MR) is 116 cm³/mol. The van der Waals surface area contributed by atoms with E-state index in [9.17, 15) is 18.0 Å². The minimum Gasteiger partial charge on any atom is -0.267 e. The molecule has 2 aromatic rings. The number of fused-ring (bicyclic) bond motifs is 1. The van der Waals surface area contributed by atoms with Gasteiger partial charge in [0.05, 0.1) is 16.3 Å². The maximum absolute atomic E-state index is 12.5. The van der Waals surface area contributed by atoms with Crippen LogP contribution in [-0.4, -0.2) is 26.8 Å². The number of benzene rings is 1. The second-order valence-corrected chi connectivity index (χ2v) is 9.84. The van der Waals surface area contributed by atoms with E-state index in [0.717, 1.165) is 25.7 Å². The van der Waals surface area contributed by atoms with Gasteiger partial charge < -0.3 is 0 Å². The zero-order valence-electron chi connectivity index (χ0n) is 16.4. The Kier molecular flexibility index (Phi) is 7.26. The van der Waals surface area contributed by atoms with Gasteiger partial charge in [-0.25, -0.2) is 8.42 Å². The Bertz CT molecular complexity index is 1060. The van der Waals surface area contributed by atoms with Crippen LogP contribution in [0, 0.1) is 12.3 Å². The molecule has 0 atom stereocenters. The maximum atomic E-state index is 12.5. The molecule has 0 fully saturated rings. The third kappa shape index (κ3) is 5.48. The first kappa shape index (κ1) is 22.0. The highest BCUT2D eigenvalue weighted by molar-refractivity contribution is 7.89. The van der Waals surface area contributed by atoms with Gasteiger partial charge in [-0.3, -0.25) is 20.4 Å². The number of nitrogens with one attached hydrogen (secondary N) is 3. The molecule has 1 aromatic heterocycles. The molecule has 0 saturated carbocycles. The summed E-state index contributed by atoms with van der Waals surface area (Å²) in [7, 11) is -3.82. The number of aryl methyl sites for hydroxylation is 2. The topological polar surface area (TPSA) is 104 Å². The molecule has 1 heterocycles. The van der Waals surface area contributed by atoms with Crippen LogP contribution in [0.15, 0.2) is 35.2 Å². The number of carbonyl (C=O) groups excluding carboxylic acids is 2. The number of terminal acetylenes is 1. The average molecular weight is 446 g/mol. The highest BCUT2D eigenvalue weighted by Crippen LogP contribution is 2.28. The van der Waals surface area contributed by atoms with Crippen LogP contribution in [0.3, 0.4) is 0 Å². The van der Waals surface area contributed by atoms with E-state index >= 15 is 0 Å². The largest absolute Gasteiger partial charge is 0.279 e. The summed E-state index contributed by atoms with van der Waals surface area (Å²) < 4.78 is 26.5. The van der Waals surface area contributed by atoms with Crippen molar-refractivity contribution in [2.75, 3.05) is 6.54 Å². The molecule has 1 aliphatic carbocycles. The summed E-state index contributed by atoms with van der Waals surface area (Å²) >= 11 is 1.46. The number of hydrazine groups is 1. The van der Waals surface area contributed by atoms with Gasteiger partial charge in [0, 0.05) is 10.4 Å². The second-order valence-electron chi connectivity index (χ2n) is 6.94. The average Bonchev–Trinajstić information content (AvgIpc) is 3.12. The van der Waals surface area contributed by atoms with Crippen molar-refractivity contribution in [3.63, 3.8) is 0 Å². The summed E-state index contributed by atoms with van der Waals surface area (Å²) in [5.41, 5.74) is 6.07. The fourth-order valence-corrected chi connectivity index (χ4v) is 5.36. The van der Waals surface area contributed by atoms with E-state index in [4.69, 9.17) is 6.42 Å². The van der Waals surface area contributed by atoms with E-state index < -0.39 is 15.9 Å². The Balaban J connectivity index is 1.64. The molecular formula is C21H23N3O4S2. The lowest BCUT2D eigenvalue weighted by atomic mass is 10.00. The summed E-state index contributed by atoms with van der Waals surface area (Å²) in [4.78, 5) is 26.6. The third-order valence-electron chi connectivity index (χ3n) is 4.78. The van der Waals surface area contributed by atoms with E-state index in [-0.39, 0.29) is 22.9 Å². The molecule has 0 aliphatic heterocycles. The number of thiophene rings is 1. The molecule has 0 saturated heterocycles. The van der Waals surface area contributed by atoms with Crippen LogP contribution in [0.1, 0.15) is 56.2 Å². The fourth-order valence-electron chi connectivity index (χ4n) is 3.23. The van der Waals surface area contributed by atoms with Gasteiger partial charge in [-0.1, -0.05) is 24.8 Å². The molecule has 158 valence electrons. The Morgan fingerprint density at radius 1 is 1.03 bits per heavy atom. The second kappa shape index (κ2) is 9.89. The fraction of sp³-hybridized carbons (Fsp3) is 0.333. The minimum atomic E-state index is -3.82. The van der Waals surface area contributed by atoms with Crippen molar-refractivity contribution in [3.05, 3.63) is 51.2 Å². The van der Waals surface area contributed by atoms with E-state index in [1.807, 2.05) is 6.07 Å². The van der Waals surface area contributed by atoms with Crippen LogP contribution in [0.25, 0.3) is 0 Å². The van der Waals surface area contributed by atoms with Crippen molar-refractivity contribution in [1.82, 2.24) is 15.6 Å². The summed E-state index contributed by atoms with van der Waals surface area (Å²) in [6.07, 6.45) is 11.7. The number of sulfonamides is 1. The van der Waals surface area contributed by atoms with Gasteiger partial charge in [-0.05, 0) is 55.5 Å². The zero-order chi connectivity index (χ0) is 21.6. The number of carbonyl (C=O) groups is 2. The number of rotatable bonds is 5. The van der Waals surface area contributed by atoms with Crippen molar-refractivity contribution in [3.8, 4) is 12.3 Å². The van der Waals surface area contributed by atoms with E-state index in [1.165, 1.54) is 58.9 Å². The van der Waals surface area contributed by atoms with Gasteiger partial charge in [0.15, 0.2) is 0 Å². The molecule has 0 bridgehead atoms. The molecule has 0 spiro atoms. The zero-order valence-corrected chi connectivity index (χ0v) is 18.0. The molecule has 1 aromatic carbocycles. The lowest BCUT2D eigenvalue weighted by Gasteiger charge is -2.08. The first-order chi connectivity index (χ1) is 14.4. The Labute approximate surface area is 180 Å². The summed E-state index contributed by atoms with van der Waals surface area (Å²) in [6, 6.07) is 7.38. The predicted octanol–water partition coefficient (Wildman–Crippen LogP) is 2.39. The maximum Gasteiger partial charge on any atom is 0.279 e. The van der Waals surface area contributed by atoms with Crippen LogP contribution in [0.5, 0.6) is 0 Å². The van der Waals surface area contributed by atoms with Crippen molar-refractivity contribution in [2.45, 2.75) is 43.4 Å². The Morgan fingerprint density at radius 2 is 1.77 bits per heavy atom. The number of amides is 2. The lowest BCUT2D eigenvalue weighted by Crippen LogP contribution is -2.41. The van der Waals surface area contributed by atoms with Crippen molar-refractivity contribution < 1.29 is 18.0 Å². The smallest absolute Gasteiger partial charge is 0.267 e. The van der Waals surface area contributed by atoms with Gasteiger partial charge in [-0.15, -0.1) is 17.8 Å². The van der Waals surface area contributed by atoms with Crippen LogP contribution in [0.2, 0.25) is 0 Å². The van der Waals surface area contributed by atoms with E-state index in [0.29, 0.717) is 4.88 Å². The van der Waals surface area contributed by atoms with Crippen molar-refractivity contribution in [2.24, 2.45) is 0 Å². The van der Waals surface area contributed by atoms with Gasteiger partial charge in [0.1, 0.15) is 0 Å². The monoisotopic (exact) mass is 445 g/mol. The summed E-state index contributed by atoms with van der Waals surface area (Å²) in [6.45, 7) is -0.153. The first-order valence-electron chi connectivity index (χ1n) is 9.66. The van der Waals surface area contributed by atoms with Gasteiger partial charge in [0.2, 0.25) is 10.0 Å². The SMILES string of the molecule is C#CCNS(=O)(=O)c1cccc(C(=O)NNC(=O)c2cc3c(s2)CCCCCC3)c1. The molecule has 0 radical (unpaired) electrons. The normalized spacial score (nSPS) is 14.0. The van der Waals surface area contributed by atoms with Crippen molar-refractivity contribution >= 4 is 33.2 Å². The van der Waals surface area contributed by atoms with Gasteiger partial charge >= 0.3 is 0 Å². The van der Waals surface area contributed by atoms with E-state index in [2.05, 4.69) is 21.5 Å². The molecule has 2 amide bonds. The summed E-state index contributed by atoms with van der Waals surface area (Å²) in [5, 5.41) is 0. The quantitative estimate of drug-likeness (QED) is 0.486. The summed E-state index contributed by atoms with van der Waals surface area (Å²) in [5.74, 6) is 1.18. The van der Waals surface area contributed by atoms with Crippen molar-refractivity contribution in [1.29, 1.82) is 0 Å². The highest BCUT2D eigenvalue weighted by atomic mass is 32.2. The number of hydrogen-bond acceptors (Lipinski definition) is 5. The molecule has 7 nitrogen and oxygen atoms in total. The van der Waals surface area contributed by atoms with Gasteiger partial charge in [0.25, 0.3) is 11.8 Å². The number of hydrogen-bond donors (Lipinski definition) is 3. The Hall–Kier alpha value is -2.67. The molecule has 3 rings (SSSR count). The van der Waals surface area contributed by atoms with E-state index in [1.54, 1.807) is 0 Å². The molecule has 1 aliphatic rings. The molecule has 30 heavy (non-hydrogen) atoms. The van der Waals surface area contributed by atoms with Crippen LogP contribution in [0.4, 0.5) is 0 Å². The molecular weight excluding hydrogens is 422 g/mol. The van der Waals surface area contributed by atoms with Crippen LogP contribution < -0.4 is 15.6 Å². The highest BCUT2D eigenvalue weighted by Gasteiger charge is 2.18.